The van der Waals surface area contributed by atoms with Crippen LogP contribution in [0.1, 0.15) is 32.3 Å². The van der Waals surface area contributed by atoms with E-state index in [0.717, 1.165) is 38.1 Å². The molecule has 0 saturated carbocycles. The summed E-state index contributed by atoms with van der Waals surface area (Å²) < 4.78 is 38.1. The number of nitrogens with zero attached hydrogens (tertiary/aromatic N) is 2. The number of likely N-dealkylation sites (tertiary alicyclic amines) is 1. The summed E-state index contributed by atoms with van der Waals surface area (Å²) in [6, 6.07) is 3.08. The van der Waals surface area contributed by atoms with Gasteiger partial charge in [0.1, 0.15) is 5.69 Å². The summed E-state index contributed by atoms with van der Waals surface area (Å²) in [4.78, 5) is 12.6. The molecule has 8 heteroatoms. The summed E-state index contributed by atoms with van der Waals surface area (Å²) >= 11 is 0. The van der Waals surface area contributed by atoms with Crippen molar-refractivity contribution in [1.82, 2.24) is 4.90 Å². The number of benzene rings is 1. The van der Waals surface area contributed by atoms with E-state index in [-0.39, 0.29) is 11.7 Å². The Labute approximate surface area is 132 Å². The van der Waals surface area contributed by atoms with Gasteiger partial charge in [-0.2, -0.15) is 13.2 Å². The average Bonchev–Trinajstić information content (AvgIpc) is 2.46. The average molecular weight is 331 g/mol. The summed E-state index contributed by atoms with van der Waals surface area (Å²) in [5.74, 6) is 0. The molecule has 2 rings (SSSR count). The van der Waals surface area contributed by atoms with E-state index in [1.807, 2.05) is 0 Å². The first-order valence-electron chi connectivity index (χ1n) is 7.54. The minimum atomic E-state index is -4.59. The molecule has 1 N–H and O–H groups in total. The van der Waals surface area contributed by atoms with Crippen molar-refractivity contribution in [3.8, 4) is 0 Å². The summed E-state index contributed by atoms with van der Waals surface area (Å²) in [6.45, 7) is 5.94. The van der Waals surface area contributed by atoms with Gasteiger partial charge >= 0.3 is 6.18 Å². The van der Waals surface area contributed by atoms with Gasteiger partial charge in [-0.25, -0.2) is 0 Å². The number of alkyl halides is 3. The van der Waals surface area contributed by atoms with Crippen molar-refractivity contribution in [1.29, 1.82) is 0 Å². The first-order valence-corrected chi connectivity index (χ1v) is 7.54. The fraction of sp³-hybridized carbons (Fsp3) is 0.600. The van der Waals surface area contributed by atoms with E-state index in [2.05, 4.69) is 24.1 Å². The molecular formula is C15H20F3N3O2. The number of hydrogen-bond donors (Lipinski definition) is 1. The second-order valence-corrected chi connectivity index (χ2v) is 6.04. The van der Waals surface area contributed by atoms with Crippen LogP contribution in [0.25, 0.3) is 0 Å². The van der Waals surface area contributed by atoms with Gasteiger partial charge in [0.25, 0.3) is 5.69 Å². The Kier molecular flexibility index (Phi) is 5.13. The molecule has 1 heterocycles. The molecule has 0 spiro atoms. The molecule has 0 atom stereocenters. The molecule has 1 saturated heterocycles. The number of nitrogens with one attached hydrogen (secondary N) is 1. The van der Waals surface area contributed by atoms with E-state index in [9.17, 15) is 23.3 Å². The van der Waals surface area contributed by atoms with Crippen LogP contribution in [0, 0.1) is 10.1 Å². The molecule has 0 aromatic heterocycles. The lowest BCUT2D eigenvalue weighted by Gasteiger charge is -2.35. The minimum absolute atomic E-state index is 0.0282. The molecule has 1 aromatic carbocycles. The zero-order valence-corrected chi connectivity index (χ0v) is 13.1. The van der Waals surface area contributed by atoms with Gasteiger partial charge < -0.3 is 10.2 Å². The van der Waals surface area contributed by atoms with E-state index < -0.39 is 22.4 Å². The van der Waals surface area contributed by atoms with Gasteiger partial charge in [-0.05, 0) is 38.8 Å². The summed E-state index contributed by atoms with van der Waals surface area (Å²) in [7, 11) is 0. The molecule has 1 fully saturated rings. The molecule has 0 aliphatic carbocycles. The Morgan fingerprint density at radius 3 is 2.39 bits per heavy atom. The quantitative estimate of drug-likeness (QED) is 0.671. The topological polar surface area (TPSA) is 58.4 Å². The monoisotopic (exact) mass is 331 g/mol. The van der Waals surface area contributed by atoms with Gasteiger partial charge in [0, 0.05) is 31.2 Å². The zero-order chi connectivity index (χ0) is 17.2. The predicted octanol–water partition coefficient (Wildman–Crippen LogP) is 3.90. The lowest BCUT2D eigenvalue weighted by atomic mass is 10.0. The Morgan fingerprint density at radius 2 is 1.91 bits per heavy atom. The van der Waals surface area contributed by atoms with Crippen LogP contribution in [0.3, 0.4) is 0 Å². The van der Waals surface area contributed by atoms with Crippen molar-refractivity contribution in [3.05, 3.63) is 33.9 Å². The first kappa shape index (κ1) is 17.5. The van der Waals surface area contributed by atoms with Crippen LogP contribution in [-0.4, -0.2) is 35.0 Å². The van der Waals surface area contributed by atoms with E-state index in [1.54, 1.807) is 0 Å². The third kappa shape index (κ3) is 4.34. The summed E-state index contributed by atoms with van der Waals surface area (Å²) in [5.41, 5.74) is -1.40. The van der Waals surface area contributed by atoms with Crippen molar-refractivity contribution in [2.45, 2.75) is 44.9 Å². The number of anilines is 1. The lowest BCUT2D eigenvalue weighted by molar-refractivity contribution is -0.384. The van der Waals surface area contributed by atoms with Crippen molar-refractivity contribution >= 4 is 11.4 Å². The standard InChI is InChI=1S/C15H20F3N3O2/c1-10(2)20-7-5-12(6-8-20)19-13-4-3-11(15(16,17)18)9-14(13)21(22)23/h3-4,9-10,12,19H,5-8H2,1-2H3. The first-order chi connectivity index (χ1) is 10.7. The van der Waals surface area contributed by atoms with Gasteiger partial charge in [0.05, 0.1) is 10.5 Å². The molecule has 1 aliphatic rings. The second kappa shape index (κ2) is 6.74. The normalized spacial score (nSPS) is 17.5. The molecule has 23 heavy (non-hydrogen) atoms. The van der Waals surface area contributed by atoms with E-state index in [4.69, 9.17) is 0 Å². The molecule has 0 radical (unpaired) electrons. The highest BCUT2D eigenvalue weighted by Gasteiger charge is 2.33. The largest absolute Gasteiger partial charge is 0.416 e. The van der Waals surface area contributed by atoms with Gasteiger partial charge in [0.2, 0.25) is 0 Å². The molecule has 1 aromatic rings. The van der Waals surface area contributed by atoms with Crippen molar-refractivity contribution in [2.75, 3.05) is 18.4 Å². The van der Waals surface area contributed by atoms with Crippen molar-refractivity contribution < 1.29 is 18.1 Å². The lowest BCUT2D eigenvalue weighted by Crippen LogP contribution is -2.42. The maximum atomic E-state index is 12.7. The van der Waals surface area contributed by atoms with Crippen LogP contribution in [0.15, 0.2) is 18.2 Å². The minimum Gasteiger partial charge on any atom is -0.377 e. The molecule has 128 valence electrons. The van der Waals surface area contributed by atoms with Crippen LogP contribution < -0.4 is 5.32 Å². The van der Waals surface area contributed by atoms with Gasteiger partial charge in [-0.1, -0.05) is 0 Å². The highest BCUT2D eigenvalue weighted by Crippen LogP contribution is 2.35. The maximum Gasteiger partial charge on any atom is 0.416 e. The number of piperidine rings is 1. The third-order valence-corrected chi connectivity index (χ3v) is 4.14. The van der Waals surface area contributed by atoms with Gasteiger partial charge in [-0.3, -0.25) is 10.1 Å². The van der Waals surface area contributed by atoms with Crippen LogP contribution >= 0.6 is 0 Å². The Bertz CT molecular complexity index is 568. The van der Waals surface area contributed by atoms with Gasteiger partial charge in [0.15, 0.2) is 0 Å². The SMILES string of the molecule is CC(C)N1CCC(Nc2ccc(C(F)(F)F)cc2[N+](=O)[O-])CC1. The fourth-order valence-corrected chi connectivity index (χ4v) is 2.76. The Hall–Kier alpha value is -1.83. The van der Waals surface area contributed by atoms with Crippen LogP contribution in [0.2, 0.25) is 0 Å². The summed E-state index contributed by atoms with van der Waals surface area (Å²) in [5, 5.41) is 14.1. The Morgan fingerprint density at radius 1 is 1.30 bits per heavy atom. The number of nitro benzene ring substituents is 1. The smallest absolute Gasteiger partial charge is 0.377 e. The molecule has 0 unspecified atom stereocenters. The van der Waals surface area contributed by atoms with Crippen LogP contribution in [0.4, 0.5) is 24.5 Å². The third-order valence-electron chi connectivity index (χ3n) is 4.14. The van der Waals surface area contributed by atoms with Crippen molar-refractivity contribution in [3.63, 3.8) is 0 Å². The highest BCUT2D eigenvalue weighted by atomic mass is 19.4. The molecule has 1 aliphatic heterocycles. The second-order valence-electron chi connectivity index (χ2n) is 6.04. The van der Waals surface area contributed by atoms with E-state index >= 15 is 0 Å². The molecule has 5 nitrogen and oxygen atoms in total. The fourth-order valence-electron chi connectivity index (χ4n) is 2.76. The number of hydrogen-bond acceptors (Lipinski definition) is 4. The van der Waals surface area contributed by atoms with E-state index in [0.29, 0.717) is 12.1 Å². The molecule has 0 amide bonds. The highest BCUT2D eigenvalue weighted by molar-refractivity contribution is 5.63. The zero-order valence-electron chi connectivity index (χ0n) is 13.1. The van der Waals surface area contributed by atoms with Crippen LogP contribution in [0.5, 0.6) is 0 Å². The molecular weight excluding hydrogens is 311 g/mol. The molecule has 0 bridgehead atoms. The number of nitro groups is 1. The number of rotatable bonds is 4. The summed E-state index contributed by atoms with van der Waals surface area (Å²) in [6.07, 6.45) is -2.99. The maximum absolute atomic E-state index is 12.7. The van der Waals surface area contributed by atoms with Crippen molar-refractivity contribution in [2.24, 2.45) is 0 Å². The van der Waals surface area contributed by atoms with E-state index in [1.165, 1.54) is 0 Å². The predicted molar refractivity (Wildman–Crippen MR) is 81.5 cm³/mol. The Balaban J connectivity index is 2.13. The van der Waals surface area contributed by atoms with Gasteiger partial charge in [-0.15, -0.1) is 0 Å². The number of halogens is 3. The van der Waals surface area contributed by atoms with Crippen LogP contribution in [-0.2, 0) is 6.18 Å².